The first-order valence-corrected chi connectivity index (χ1v) is 10.3. The minimum Gasteiger partial charge on any atom is -0.297 e. The second kappa shape index (κ2) is 6.94. The van der Waals surface area contributed by atoms with Crippen molar-refractivity contribution in [3.05, 3.63) is 70.6 Å². The van der Waals surface area contributed by atoms with E-state index in [2.05, 4.69) is 46.2 Å². The molecule has 0 saturated carbocycles. The van der Waals surface area contributed by atoms with Crippen molar-refractivity contribution >= 4 is 16.7 Å². The molecule has 25 heavy (non-hydrogen) atoms. The molecular weight excluding hydrogens is 332 g/mol. The van der Waals surface area contributed by atoms with Crippen LogP contribution in [0.1, 0.15) is 16.7 Å². The van der Waals surface area contributed by atoms with Gasteiger partial charge in [0.25, 0.3) is 0 Å². The normalized spacial score (nSPS) is 21.2. The Bertz CT molecular complexity index is 769. The van der Waals surface area contributed by atoms with Crippen LogP contribution in [0.3, 0.4) is 0 Å². The van der Waals surface area contributed by atoms with Crippen LogP contribution in [0.15, 0.2) is 58.8 Å². The number of fused-ring (bicyclic) bond motifs is 1. The summed E-state index contributed by atoms with van der Waals surface area (Å²) in [7, 11) is -2.72. The van der Waals surface area contributed by atoms with E-state index < -0.39 is 10.6 Å². The van der Waals surface area contributed by atoms with Crippen molar-refractivity contribution in [2.45, 2.75) is 18.0 Å². The summed E-state index contributed by atoms with van der Waals surface area (Å²) in [4.78, 5) is 5.63. The molecular formula is C20H24N2O2S. The summed E-state index contributed by atoms with van der Waals surface area (Å²) in [6, 6.07) is 16.5. The third-order valence-corrected chi connectivity index (χ3v) is 6.53. The summed E-state index contributed by atoms with van der Waals surface area (Å²) in [5.74, 6) is 0. The molecule has 4 nitrogen and oxygen atoms in total. The second-order valence-corrected chi connectivity index (χ2v) is 8.66. The van der Waals surface area contributed by atoms with Crippen LogP contribution in [-0.2, 0) is 13.1 Å². The van der Waals surface area contributed by atoms with Gasteiger partial charge in [0.2, 0.25) is 0 Å². The summed E-state index contributed by atoms with van der Waals surface area (Å²) >= 11 is 0. The maximum absolute atomic E-state index is 10.1. The molecule has 5 heteroatoms. The maximum atomic E-state index is 10.1. The summed E-state index contributed by atoms with van der Waals surface area (Å²) in [6.07, 6.45) is 1.87. The van der Waals surface area contributed by atoms with Crippen LogP contribution >= 0.6 is 10.6 Å². The molecule has 2 N–H and O–H groups in total. The molecule has 132 valence electrons. The smallest absolute Gasteiger partial charge is 0.0706 e. The molecule has 2 aromatic rings. The van der Waals surface area contributed by atoms with E-state index in [1.54, 1.807) is 5.41 Å². The summed E-state index contributed by atoms with van der Waals surface area (Å²) in [6.45, 7) is 6.08. The van der Waals surface area contributed by atoms with Crippen LogP contribution < -0.4 is 0 Å². The van der Waals surface area contributed by atoms with Crippen LogP contribution in [0.4, 0.5) is 0 Å². The Kier molecular flexibility index (Phi) is 4.67. The Morgan fingerprint density at radius 2 is 1.48 bits per heavy atom. The number of hydrogen-bond acceptors (Lipinski definition) is 4. The molecule has 0 bridgehead atoms. The van der Waals surface area contributed by atoms with Gasteiger partial charge in [-0.05, 0) is 23.3 Å². The van der Waals surface area contributed by atoms with E-state index in [0.29, 0.717) is 4.90 Å². The Balaban J connectivity index is 1.37. The van der Waals surface area contributed by atoms with Crippen molar-refractivity contribution in [2.75, 3.05) is 26.2 Å². The quantitative estimate of drug-likeness (QED) is 0.866. The molecule has 4 rings (SSSR count). The molecule has 0 amide bonds. The van der Waals surface area contributed by atoms with Crippen LogP contribution in [0.25, 0.3) is 6.08 Å². The Morgan fingerprint density at radius 1 is 0.800 bits per heavy atom. The van der Waals surface area contributed by atoms with Gasteiger partial charge in [0.15, 0.2) is 0 Å². The number of nitrogens with zero attached hydrogens (tertiary/aromatic N) is 2. The highest BCUT2D eigenvalue weighted by Gasteiger charge is 2.25. The lowest BCUT2D eigenvalue weighted by Crippen LogP contribution is -2.45. The van der Waals surface area contributed by atoms with Crippen molar-refractivity contribution < 1.29 is 9.11 Å². The summed E-state index contributed by atoms with van der Waals surface area (Å²) in [5.41, 5.74) is 3.55. The minimum atomic E-state index is -2.72. The van der Waals surface area contributed by atoms with Gasteiger partial charge in [0, 0.05) is 50.2 Å². The van der Waals surface area contributed by atoms with E-state index in [9.17, 15) is 9.11 Å². The molecule has 0 atom stereocenters. The largest absolute Gasteiger partial charge is 0.297 e. The lowest BCUT2D eigenvalue weighted by atomic mass is 10.1. The molecule has 0 aliphatic carbocycles. The van der Waals surface area contributed by atoms with E-state index in [-0.39, 0.29) is 0 Å². The first-order valence-electron chi connectivity index (χ1n) is 8.69. The molecule has 2 aliphatic rings. The van der Waals surface area contributed by atoms with Gasteiger partial charge >= 0.3 is 0 Å². The zero-order valence-electron chi connectivity index (χ0n) is 14.2. The fourth-order valence-electron chi connectivity index (χ4n) is 3.60. The lowest BCUT2D eigenvalue weighted by molar-refractivity contribution is 0.122. The molecule has 2 heterocycles. The first kappa shape index (κ1) is 16.8. The third kappa shape index (κ3) is 3.66. The van der Waals surface area contributed by atoms with Gasteiger partial charge < -0.3 is 0 Å². The predicted octanol–water partition coefficient (Wildman–Crippen LogP) is 4.10. The second-order valence-electron chi connectivity index (χ2n) is 6.76. The van der Waals surface area contributed by atoms with Gasteiger partial charge in [-0.3, -0.25) is 18.9 Å². The van der Waals surface area contributed by atoms with E-state index in [4.69, 9.17) is 0 Å². The van der Waals surface area contributed by atoms with E-state index in [0.717, 1.165) is 44.8 Å². The molecule has 0 unspecified atom stereocenters. The highest BCUT2D eigenvalue weighted by molar-refractivity contribution is 8.27. The van der Waals surface area contributed by atoms with E-state index >= 15 is 0 Å². The van der Waals surface area contributed by atoms with E-state index in [1.165, 1.54) is 11.1 Å². The first-order chi connectivity index (χ1) is 12.1. The highest BCUT2D eigenvalue weighted by Crippen LogP contribution is 2.56. The van der Waals surface area contributed by atoms with Crippen LogP contribution in [0.2, 0.25) is 0 Å². The van der Waals surface area contributed by atoms with Crippen LogP contribution in [-0.4, -0.2) is 45.1 Å². The minimum absolute atomic E-state index is 0.674. The van der Waals surface area contributed by atoms with Crippen molar-refractivity contribution in [2.24, 2.45) is 0 Å². The van der Waals surface area contributed by atoms with Crippen molar-refractivity contribution in [3.8, 4) is 0 Å². The summed E-state index contributed by atoms with van der Waals surface area (Å²) in [5, 5.41) is 1.54. The third-order valence-electron chi connectivity index (χ3n) is 5.01. The molecule has 0 aromatic heterocycles. The average Bonchev–Trinajstić information content (AvgIpc) is 2.94. The molecule has 0 radical (unpaired) electrons. The topological polar surface area (TPSA) is 46.9 Å². The molecule has 0 spiro atoms. The average molecular weight is 356 g/mol. The number of hydrogen-bond donors (Lipinski definition) is 2. The van der Waals surface area contributed by atoms with Gasteiger partial charge in [-0.1, -0.05) is 42.5 Å². The SMILES string of the molecule is OS1(O)C=Cc2c(CN3CCN(Cc4ccccc4)CC3)cccc21. The fraction of sp³-hybridized carbons (Fsp3) is 0.300. The highest BCUT2D eigenvalue weighted by atomic mass is 32.3. The number of benzene rings is 2. The molecule has 1 saturated heterocycles. The van der Waals surface area contributed by atoms with Gasteiger partial charge in [-0.15, -0.1) is 10.6 Å². The predicted molar refractivity (Wildman–Crippen MR) is 104 cm³/mol. The van der Waals surface area contributed by atoms with Gasteiger partial charge in [0.1, 0.15) is 0 Å². The van der Waals surface area contributed by atoms with Crippen molar-refractivity contribution in [1.82, 2.24) is 9.80 Å². The van der Waals surface area contributed by atoms with Crippen molar-refractivity contribution in [1.29, 1.82) is 0 Å². The number of piperazine rings is 1. The van der Waals surface area contributed by atoms with Crippen LogP contribution in [0.5, 0.6) is 0 Å². The van der Waals surface area contributed by atoms with Gasteiger partial charge in [-0.2, -0.15) is 0 Å². The molecule has 2 aliphatic heterocycles. The van der Waals surface area contributed by atoms with Crippen LogP contribution in [0, 0.1) is 0 Å². The molecule has 1 fully saturated rings. The zero-order valence-corrected chi connectivity index (χ0v) is 15.0. The van der Waals surface area contributed by atoms with E-state index in [1.807, 2.05) is 18.2 Å². The Labute approximate surface area is 150 Å². The number of rotatable bonds is 4. The lowest BCUT2D eigenvalue weighted by Gasteiger charge is -2.35. The monoisotopic (exact) mass is 356 g/mol. The fourth-order valence-corrected chi connectivity index (χ4v) is 4.88. The molecule has 2 aromatic carbocycles. The van der Waals surface area contributed by atoms with Gasteiger partial charge in [-0.25, -0.2) is 0 Å². The maximum Gasteiger partial charge on any atom is 0.0706 e. The Morgan fingerprint density at radius 3 is 2.20 bits per heavy atom. The van der Waals surface area contributed by atoms with Crippen molar-refractivity contribution in [3.63, 3.8) is 0 Å². The van der Waals surface area contributed by atoms with Gasteiger partial charge in [0.05, 0.1) is 4.90 Å². The standard InChI is InChI=1S/C20H24N2O2S/c23-25(24)14-9-19-18(7-4-8-20(19)25)16-22-12-10-21(11-13-22)15-17-5-2-1-3-6-17/h1-9,14,23-24H,10-13,15-16H2. The zero-order chi connectivity index (χ0) is 17.3. The summed E-state index contributed by atoms with van der Waals surface area (Å²) < 4.78 is 20.2. The Hall–Kier alpha value is -1.63.